The molecular formula is C64H107N5O45. The molecule has 0 aromatic carbocycles. The van der Waals surface area contributed by atoms with Crippen LogP contribution in [0.15, 0.2) is 0 Å². The zero-order chi connectivity index (χ0) is 84.1. The van der Waals surface area contributed by atoms with E-state index >= 15 is 0 Å². The van der Waals surface area contributed by atoms with Crippen LogP contribution < -0.4 is 26.6 Å². The lowest BCUT2D eigenvalue weighted by atomic mass is 9.93. The van der Waals surface area contributed by atoms with Gasteiger partial charge in [-0.3, -0.25) is 24.0 Å². The van der Waals surface area contributed by atoms with E-state index in [0.29, 0.717) is 0 Å². The average molecular weight is 1670 g/mol. The van der Waals surface area contributed by atoms with Gasteiger partial charge in [-0.1, -0.05) is 0 Å². The lowest BCUT2D eigenvalue weighted by molar-refractivity contribution is -0.396. The Kier molecular flexibility index (Phi) is 33.6. The molecule has 0 aliphatic carbocycles. The van der Waals surface area contributed by atoms with Crippen molar-refractivity contribution in [3.63, 3.8) is 0 Å². The molecule has 9 aliphatic rings. The van der Waals surface area contributed by atoms with Crippen LogP contribution in [0.25, 0.3) is 0 Å². The van der Waals surface area contributed by atoms with E-state index in [1.54, 1.807) is 0 Å². The minimum Gasteiger partial charge on any atom is -0.394 e. The summed E-state index contributed by atoms with van der Waals surface area (Å²) in [5, 5.41) is 270. The first-order valence-corrected chi connectivity index (χ1v) is 36.5. The first-order valence-electron chi connectivity index (χ1n) is 36.5. The Morgan fingerprint density at radius 1 is 0.246 bits per heavy atom. The number of hydrogen-bond donors (Lipinski definition) is 28. The number of carbonyl (C=O) groups excluding carboxylic acids is 5. The van der Waals surface area contributed by atoms with E-state index in [2.05, 4.69) is 26.6 Å². The molecule has 0 unspecified atom stereocenters. The van der Waals surface area contributed by atoms with Gasteiger partial charge in [0.15, 0.2) is 56.6 Å². The molecule has 9 aliphatic heterocycles. The summed E-state index contributed by atoms with van der Waals surface area (Å²) >= 11 is 0. The van der Waals surface area contributed by atoms with Crippen LogP contribution in [0.2, 0.25) is 0 Å². The van der Waals surface area contributed by atoms with Gasteiger partial charge in [0, 0.05) is 34.6 Å². The number of aliphatic hydroxyl groups excluding tert-OH is 23. The molecule has 0 spiro atoms. The monoisotopic (exact) mass is 1670 g/mol. The maximum Gasteiger partial charge on any atom is 0.217 e. The number of rotatable bonds is 29. The Morgan fingerprint density at radius 3 is 1.02 bits per heavy atom. The van der Waals surface area contributed by atoms with Gasteiger partial charge in [0.25, 0.3) is 0 Å². The van der Waals surface area contributed by atoms with Crippen molar-refractivity contribution >= 4 is 29.5 Å². The molecule has 0 aromatic rings. The van der Waals surface area contributed by atoms with Crippen LogP contribution in [0, 0.1) is 0 Å². The lowest BCUT2D eigenvalue weighted by Crippen LogP contribution is -2.71. The molecule has 0 radical (unpaired) electrons. The smallest absolute Gasteiger partial charge is 0.217 e. The van der Waals surface area contributed by atoms with Crippen LogP contribution >= 0.6 is 0 Å². The van der Waals surface area contributed by atoms with Crippen molar-refractivity contribution in [1.29, 1.82) is 0 Å². The van der Waals surface area contributed by atoms with Gasteiger partial charge in [0.2, 0.25) is 29.5 Å². The van der Waals surface area contributed by atoms with Crippen molar-refractivity contribution < 1.29 is 222 Å². The van der Waals surface area contributed by atoms with E-state index in [4.69, 9.17) is 80.5 Å². The predicted octanol–water partition coefficient (Wildman–Crippen LogP) is -18.9. The van der Waals surface area contributed by atoms with Gasteiger partial charge in [-0.15, -0.1) is 0 Å². The number of hydrogen-bond acceptors (Lipinski definition) is 45. The number of amides is 5. The number of ether oxygens (including phenoxy) is 17. The largest absolute Gasteiger partial charge is 0.394 e. The van der Waals surface area contributed by atoms with E-state index in [1.807, 2.05) is 0 Å². The van der Waals surface area contributed by atoms with E-state index in [0.717, 1.165) is 34.6 Å². The molecule has 50 nitrogen and oxygen atoms in total. The van der Waals surface area contributed by atoms with Gasteiger partial charge in [0.05, 0.1) is 59.0 Å². The summed E-state index contributed by atoms with van der Waals surface area (Å²) in [5.74, 6) is -4.37. The zero-order valence-electron chi connectivity index (χ0n) is 61.9. The average Bonchev–Trinajstić information content (AvgIpc) is 0.768. The summed E-state index contributed by atoms with van der Waals surface area (Å²) in [4.78, 5) is 63.2. The molecule has 5 amide bonds. The van der Waals surface area contributed by atoms with Crippen LogP contribution in [-0.2, 0) is 104 Å². The molecule has 45 atom stereocenters. The Labute approximate surface area is 646 Å². The van der Waals surface area contributed by atoms with Crippen LogP contribution in [-0.4, -0.2) is 476 Å². The summed E-state index contributed by atoms with van der Waals surface area (Å²) in [7, 11) is 0. The van der Waals surface area contributed by atoms with Crippen molar-refractivity contribution in [2.45, 2.75) is 318 Å². The maximum absolute atomic E-state index is 13.2. The highest BCUT2D eigenvalue weighted by atomic mass is 16.8. The molecule has 114 heavy (non-hydrogen) atoms. The molecule has 658 valence electrons. The second-order valence-electron chi connectivity index (χ2n) is 29.0. The highest BCUT2D eigenvalue weighted by Crippen LogP contribution is 2.39. The summed E-state index contributed by atoms with van der Waals surface area (Å²) in [5.41, 5.74) is 0. The van der Waals surface area contributed by atoms with Crippen molar-refractivity contribution in [3.8, 4) is 0 Å². The Hall–Kier alpha value is -4.25. The Balaban J connectivity index is 1.08. The standard InChI is InChI=1S/C64H107N5O45/c1-15-34(80)46(92)49(95)61(101-15)99-14-28-52(44(90)29(56(97)102-28)65-16(2)75)110-60-33(69-20(6)79)45(91)51(25(11-74)107-60)111-62-50(96)53(112-64-55(47(93)38(84)24(10-73)106-64)114-59-32(68-19(5)78)43(89)37(83)23(9-72)105-59)40(86)27(108-62)13-100-63-54(113-58-31(67-18(4)77)42(88)36(82)22(8-71)104-58)48(94)39(85)26(109-63)12-98-57-30(66-17(3)76)41(87)35(81)21(7-70)103-57/h15,21-64,70-74,80-97H,7-14H2,1-6H3,(H,65,75)(H,66,76)(H,67,77)(H,68,78)(H,69,79)/t15-,21+,22+,23+,24+,25+,26+,27+,28+,29+,30+,31+,32+,33+,34+,35+,36+,37+,38+,39+,40+,41+,42+,43+,44+,45+,46-,47-,48-,49-,50-,51+,52+,53-,54-,55-,56+,57+,58-,59-,60-,61+,62-,63-,64+/m0/s1. The van der Waals surface area contributed by atoms with Crippen molar-refractivity contribution in [3.05, 3.63) is 0 Å². The van der Waals surface area contributed by atoms with Crippen LogP contribution in [0.4, 0.5) is 0 Å². The SMILES string of the molecule is CC(=O)N[C@@H]1[C@@H](O)[C@H](O[C@@H]2O[C@H](CO)[C@@H](O[C@@H]3O[C@H](CO[C@H]4O[C@H](CO[C@@H]5O[C@H](CO)[C@@H](O)[C@H](O)[C@H]5NC(C)=O)[C@@H](O)[C@H](O)[C@@H]4O[C@@H]4O[C@H](CO)[C@@H](O)[C@H](O)[C@H]4NC(C)=O)[C@@H](O)[C@H](O[C@H]4O[C@H](CO)[C@@H](O)[C@H](O)[C@@H]4O[C@@H]4O[C@H](CO)[C@@H](O)[C@H](O)[C@H]4NC(C)=O)[C@@H]3O)[C@H](O)[C@H]2NC(C)=O)[C@@H](CO[C@@H]2O[C@@H](C)[C@@H](O)[C@H](O)[C@@H]2O)O[C@H]1O. The third-order valence-corrected chi connectivity index (χ3v) is 20.7. The molecule has 9 rings (SSSR count). The summed E-state index contributed by atoms with van der Waals surface area (Å²) in [6.07, 6.45) is -81.5. The fourth-order valence-electron chi connectivity index (χ4n) is 14.6. The molecular weight excluding hydrogens is 1560 g/mol. The zero-order valence-corrected chi connectivity index (χ0v) is 61.9. The Morgan fingerprint density at radius 2 is 0.553 bits per heavy atom. The summed E-state index contributed by atoms with van der Waals surface area (Å²) < 4.78 is 102. The van der Waals surface area contributed by atoms with E-state index in [-0.39, 0.29) is 0 Å². The lowest BCUT2D eigenvalue weighted by Gasteiger charge is -2.51. The fourth-order valence-corrected chi connectivity index (χ4v) is 14.6. The van der Waals surface area contributed by atoms with E-state index < -0.39 is 358 Å². The van der Waals surface area contributed by atoms with Crippen molar-refractivity contribution in [1.82, 2.24) is 26.6 Å². The molecule has 9 fully saturated rings. The molecule has 0 bridgehead atoms. The topological polar surface area (TPSA) is 768 Å². The number of carbonyl (C=O) groups is 5. The summed E-state index contributed by atoms with van der Waals surface area (Å²) in [6.45, 7) is -2.21. The van der Waals surface area contributed by atoms with Gasteiger partial charge < -0.3 is 225 Å². The second-order valence-corrected chi connectivity index (χ2v) is 29.0. The van der Waals surface area contributed by atoms with Gasteiger partial charge in [-0.2, -0.15) is 0 Å². The number of nitrogens with one attached hydrogen (secondary N) is 5. The van der Waals surface area contributed by atoms with Gasteiger partial charge in [-0.25, -0.2) is 0 Å². The third kappa shape index (κ3) is 21.2. The third-order valence-electron chi connectivity index (χ3n) is 20.7. The maximum atomic E-state index is 13.2. The minimum absolute atomic E-state index is 0.797. The van der Waals surface area contributed by atoms with Crippen LogP contribution in [0.3, 0.4) is 0 Å². The molecule has 9 heterocycles. The van der Waals surface area contributed by atoms with E-state index in [1.165, 1.54) is 6.92 Å². The van der Waals surface area contributed by atoms with Crippen LogP contribution in [0.1, 0.15) is 41.5 Å². The quantitative estimate of drug-likeness (QED) is 0.0331. The minimum atomic E-state index is -2.58. The highest BCUT2D eigenvalue weighted by Gasteiger charge is 2.60. The predicted molar refractivity (Wildman–Crippen MR) is 354 cm³/mol. The fraction of sp³-hybridized carbons (Fsp3) is 0.922. The van der Waals surface area contributed by atoms with Gasteiger partial charge >= 0.3 is 0 Å². The Bertz CT molecular complexity index is 3080. The highest BCUT2D eigenvalue weighted by molar-refractivity contribution is 5.75. The van der Waals surface area contributed by atoms with Crippen LogP contribution in [0.5, 0.6) is 0 Å². The first kappa shape index (κ1) is 93.6. The second kappa shape index (κ2) is 40.9. The first-order chi connectivity index (χ1) is 53.8. The molecule has 0 aromatic heterocycles. The molecule has 50 heteroatoms. The summed E-state index contributed by atoms with van der Waals surface area (Å²) in [6, 6.07) is -8.98. The van der Waals surface area contributed by atoms with Gasteiger partial charge in [0.1, 0.15) is 213 Å². The van der Waals surface area contributed by atoms with E-state index in [9.17, 15) is 141 Å². The molecule has 0 saturated carbocycles. The van der Waals surface area contributed by atoms with Gasteiger partial charge in [-0.05, 0) is 6.92 Å². The van der Waals surface area contributed by atoms with Crippen molar-refractivity contribution in [2.75, 3.05) is 52.9 Å². The normalized spacial score (nSPS) is 48.2. The van der Waals surface area contributed by atoms with Crippen molar-refractivity contribution in [2.24, 2.45) is 0 Å². The molecule has 28 N–H and O–H groups in total. The molecule has 9 saturated heterocycles. The number of aliphatic hydroxyl groups is 23.